The molecule has 2 heterocycles. The number of nitrogens with zero attached hydrogens (tertiary/aromatic N) is 2. The SMILES string of the molecule is CN1CCN(c2ccoc2)C(C2CC2)C1. The smallest absolute Gasteiger partial charge is 0.114 e. The van der Waals surface area contributed by atoms with E-state index in [1.807, 2.05) is 6.26 Å². The van der Waals surface area contributed by atoms with Crippen molar-refractivity contribution < 1.29 is 4.42 Å². The number of furan rings is 1. The molecule has 3 heteroatoms. The highest BCUT2D eigenvalue weighted by Gasteiger charge is 2.38. The van der Waals surface area contributed by atoms with Gasteiger partial charge in [0.25, 0.3) is 0 Å². The van der Waals surface area contributed by atoms with Gasteiger partial charge in [0.05, 0.1) is 12.0 Å². The van der Waals surface area contributed by atoms with Gasteiger partial charge in [0.15, 0.2) is 0 Å². The molecule has 1 aromatic rings. The molecule has 3 rings (SSSR count). The van der Waals surface area contributed by atoms with Crippen molar-refractivity contribution in [2.45, 2.75) is 18.9 Å². The van der Waals surface area contributed by atoms with Gasteiger partial charge in [-0.1, -0.05) is 0 Å². The van der Waals surface area contributed by atoms with Gasteiger partial charge in [0.1, 0.15) is 6.26 Å². The van der Waals surface area contributed by atoms with E-state index in [2.05, 4.69) is 22.9 Å². The van der Waals surface area contributed by atoms with E-state index in [1.165, 1.54) is 25.1 Å². The highest BCUT2D eigenvalue weighted by Crippen LogP contribution is 2.38. The summed E-state index contributed by atoms with van der Waals surface area (Å²) in [6.07, 6.45) is 6.47. The molecule has 1 aromatic heterocycles. The van der Waals surface area contributed by atoms with E-state index in [-0.39, 0.29) is 0 Å². The van der Waals surface area contributed by atoms with Gasteiger partial charge < -0.3 is 14.2 Å². The van der Waals surface area contributed by atoms with Crippen molar-refractivity contribution in [2.75, 3.05) is 31.6 Å². The minimum absolute atomic E-state index is 0.710. The minimum Gasteiger partial charge on any atom is -0.470 e. The van der Waals surface area contributed by atoms with Gasteiger partial charge >= 0.3 is 0 Å². The molecule has 0 spiro atoms. The Labute approximate surface area is 90.7 Å². The molecule has 0 N–H and O–H groups in total. The monoisotopic (exact) mass is 206 g/mol. The molecule has 1 aliphatic heterocycles. The zero-order valence-corrected chi connectivity index (χ0v) is 9.22. The second kappa shape index (κ2) is 3.56. The lowest BCUT2D eigenvalue weighted by atomic mass is 10.1. The fraction of sp³-hybridized carbons (Fsp3) is 0.667. The Morgan fingerprint density at radius 2 is 2.20 bits per heavy atom. The van der Waals surface area contributed by atoms with Crippen molar-refractivity contribution in [2.24, 2.45) is 5.92 Å². The quantitative estimate of drug-likeness (QED) is 0.735. The lowest BCUT2D eigenvalue weighted by Crippen LogP contribution is -2.53. The summed E-state index contributed by atoms with van der Waals surface area (Å²) in [4.78, 5) is 4.97. The molecule has 1 saturated carbocycles. The Morgan fingerprint density at radius 1 is 1.33 bits per heavy atom. The van der Waals surface area contributed by atoms with Crippen LogP contribution in [0.15, 0.2) is 23.0 Å². The molecule has 1 aliphatic carbocycles. The Morgan fingerprint density at radius 3 is 2.87 bits per heavy atom. The molecule has 0 aromatic carbocycles. The van der Waals surface area contributed by atoms with Crippen molar-refractivity contribution in [3.63, 3.8) is 0 Å². The highest BCUT2D eigenvalue weighted by atomic mass is 16.3. The zero-order chi connectivity index (χ0) is 10.3. The number of rotatable bonds is 2. The van der Waals surface area contributed by atoms with Crippen LogP contribution in [-0.2, 0) is 0 Å². The second-order valence-corrected chi connectivity index (χ2v) is 4.84. The highest BCUT2D eigenvalue weighted by molar-refractivity contribution is 5.45. The topological polar surface area (TPSA) is 19.6 Å². The largest absolute Gasteiger partial charge is 0.470 e. The number of piperazine rings is 1. The van der Waals surface area contributed by atoms with Crippen molar-refractivity contribution in [1.82, 2.24) is 4.90 Å². The Bertz CT molecular complexity index is 318. The first-order valence-corrected chi connectivity index (χ1v) is 5.82. The third kappa shape index (κ3) is 1.76. The van der Waals surface area contributed by atoms with Crippen LogP contribution in [-0.4, -0.2) is 37.6 Å². The normalized spacial score (nSPS) is 28.3. The molecule has 1 atom stereocenters. The van der Waals surface area contributed by atoms with E-state index in [9.17, 15) is 0 Å². The van der Waals surface area contributed by atoms with Gasteiger partial charge in [-0.3, -0.25) is 0 Å². The summed E-state index contributed by atoms with van der Waals surface area (Å²) < 4.78 is 5.19. The van der Waals surface area contributed by atoms with Crippen molar-refractivity contribution in [1.29, 1.82) is 0 Å². The maximum Gasteiger partial charge on any atom is 0.114 e. The summed E-state index contributed by atoms with van der Waals surface area (Å²) in [6.45, 7) is 3.50. The maximum absolute atomic E-state index is 5.19. The van der Waals surface area contributed by atoms with Crippen LogP contribution >= 0.6 is 0 Å². The lowest BCUT2D eigenvalue weighted by molar-refractivity contribution is 0.253. The third-order valence-electron chi connectivity index (χ3n) is 3.63. The molecule has 2 aliphatic rings. The fourth-order valence-corrected chi connectivity index (χ4v) is 2.58. The number of hydrogen-bond donors (Lipinski definition) is 0. The molecule has 1 saturated heterocycles. The third-order valence-corrected chi connectivity index (χ3v) is 3.63. The summed E-state index contributed by atoms with van der Waals surface area (Å²) in [5, 5.41) is 0. The maximum atomic E-state index is 5.19. The summed E-state index contributed by atoms with van der Waals surface area (Å²) >= 11 is 0. The van der Waals surface area contributed by atoms with Crippen LogP contribution in [0.1, 0.15) is 12.8 Å². The number of anilines is 1. The van der Waals surface area contributed by atoms with Gasteiger partial charge in [-0.2, -0.15) is 0 Å². The molecular weight excluding hydrogens is 188 g/mol. The Balaban J connectivity index is 1.80. The lowest BCUT2D eigenvalue weighted by Gasteiger charge is -2.41. The first kappa shape index (κ1) is 9.28. The Hall–Kier alpha value is -0.960. The summed E-state index contributed by atoms with van der Waals surface area (Å²) in [7, 11) is 2.22. The van der Waals surface area contributed by atoms with Crippen LogP contribution in [0.25, 0.3) is 0 Å². The van der Waals surface area contributed by atoms with Crippen molar-refractivity contribution >= 4 is 5.69 Å². The fourth-order valence-electron chi connectivity index (χ4n) is 2.58. The van der Waals surface area contributed by atoms with Gasteiger partial charge in [0.2, 0.25) is 0 Å². The first-order valence-electron chi connectivity index (χ1n) is 5.82. The predicted molar refractivity (Wildman–Crippen MR) is 60.1 cm³/mol. The van der Waals surface area contributed by atoms with Crippen molar-refractivity contribution in [3.8, 4) is 0 Å². The average Bonchev–Trinajstić information content (AvgIpc) is 2.95. The van der Waals surface area contributed by atoms with Crippen LogP contribution in [0.3, 0.4) is 0 Å². The van der Waals surface area contributed by atoms with Crippen molar-refractivity contribution in [3.05, 3.63) is 18.6 Å². The van der Waals surface area contributed by atoms with Crippen LogP contribution in [0.4, 0.5) is 5.69 Å². The zero-order valence-electron chi connectivity index (χ0n) is 9.22. The van der Waals surface area contributed by atoms with E-state index in [0.717, 1.165) is 19.0 Å². The molecule has 0 amide bonds. The molecule has 3 nitrogen and oxygen atoms in total. The molecule has 0 radical (unpaired) electrons. The summed E-state index contributed by atoms with van der Waals surface area (Å²) in [5.74, 6) is 0.919. The van der Waals surface area contributed by atoms with Crippen LogP contribution in [0.5, 0.6) is 0 Å². The van der Waals surface area contributed by atoms with E-state index < -0.39 is 0 Å². The van der Waals surface area contributed by atoms with Gasteiger partial charge in [-0.15, -0.1) is 0 Å². The van der Waals surface area contributed by atoms with Crippen LogP contribution in [0, 0.1) is 5.92 Å². The van der Waals surface area contributed by atoms with E-state index >= 15 is 0 Å². The second-order valence-electron chi connectivity index (χ2n) is 4.84. The summed E-state index contributed by atoms with van der Waals surface area (Å²) in [6, 6.07) is 2.79. The van der Waals surface area contributed by atoms with E-state index in [1.54, 1.807) is 6.26 Å². The van der Waals surface area contributed by atoms with E-state index in [4.69, 9.17) is 4.42 Å². The predicted octanol–water partition coefficient (Wildman–Crippen LogP) is 1.81. The molecule has 82 valence electrons. The molecule has 0 bridgehead atoms. The number of hydrogen-bond acceptors (Lipinski definition) is 3. The van der Waals surface area contributed by atoms with Gasteiger partial charge in [-0.25, -0.2) is 0 Å². The minimum atomic E-state index is 0.710. The molecule has 2 fully saturated rings. The van der Waals surface area contributed by atoms with Crippen LogP contribution in [0.2, 0.25) is 0 Å². The van der Waals surface area contributed by atoms with Gasteiger partial charge in [-0.05, 0) is 31.9 Å². The average molecular weight is 206 g/mol. The van der Waals surface area contributed by atoms with E-state index in [0.29, 0.717) is 6.04 Å². The standard InChI is InChI=1S/C12H18N2O/c1-13-5-6-14(11-4-7-15-9-11)12(8-13)10-2-3-10/h4,7,9-10,12H,2-3,5-6,8H2,1H3. The molecule has 15 heavy (non-hydrogen) atoms. The first-order chi connectivity index (χ1) is 7.34. The summed E-state index contributed by atoms with van der Waals surface area (Å²) in [5.41, 5.74) is 1.26. The molecule has 1 unspecified atom stereocenters. The number of likely N-dealkylation sites (N-methyl/N-ethyl adjacent to an activating group) is 1. The Kier molecular flexibility index (Phi) is 2.20. The van der Waals surface area contributed by atoms with Gasteiger partial charge in [0, 0.05) is 25.7 Å². The molecular formula is C12H18N2O. The van der Waals surface area contributed by atoms with Crippen LogP contribution < -0.4 is 4.90 Å².